The molecule has 0 radical (unpaired) electrons. The first kappa shape index (κ1) is 28.2. The van der Waals surface area contributed by atoms with Crippen molar-refractivity contribution in [3.8, 4) is 11.3 Å². The molecule has 9 nitrogen and oxygen atoms in total. The minimum Gasteiger partial charge on any atom is -0.394 e. The lowest BCUT2D eigenvalue weighted by molar-refractivity contribution is -0.186. The largest absolute Gasteiger partial charge is 0.394 e. The lowest BCUT2D eigenvalue weighted by Crippen LogP contribution is -2.55. The molecule has 5 rings (SSSR count). The highest BCUT2D eigenvalue weighted by Crippen LogP contribution is 2.41. The number of ether oxygens (including phenoxy) is 2. The quantitative estimate of drug-likeness (QED) is 0.394. The number of carbonyl (C=O) groups excluding carboxylic acids is 1. The number of hydrogen-bond acceptors (Lipinski definition) is 8. The van der Waals surface area contributed by atoms with E-state index >= 15 is 0 Å². The van der Waals surface area contributed by atoms with Crippen LogP contribution in [-0.4, -0.2) is 86.6 Å². The standard InChI is InChI=1S/C25H24Cl2F2N4O5S/c1-37-23-21(33-10-17(30-31-33)12-7-15(28)20(27)16(29)8-12)22(35)18(11-34)38-25(23)39-19-9-13(26)3-4-14(19)24(36)32-5-2-6-32/h3-4,7-10,18,21-23,25,34-35H,2,5-6,11H2,1H3/t18?,21-,22-,23?,25+/m0/s1. The Labute approximate surface area is 236 Å². The third-order valence-electron chi connectivity index (χ3n) is 6.75. The van der Waals surface area contributed by atoms with Gasteiger partial charge in [0.2, 0.25) is 0 Å². The summed E-state index contributed by atoms with van der Waals surface area (Å²) in [6.07, 6.45) is -0.835. The van der Waals surface area contributed by atoms with Crippen LogP contribution in [0.15, 0.2) is 41.4 Å². The van der Waals surface area contributed by atoms with E-state index in [9.17, 15) is 23.8 Å². The Kier molecular flexibility index (Phi) is 8.43. The van der Waals surface area contributed by atoms with E-state index in [4.69, 9.17) is 32.7 Å². The van der Waals surface area contributed by atoms with Crippen molar-refractivity contribution in [2.45, 2.75) is 41.1 Å². The van der Waals surface area contributed by atoms with Gasteiger partial charge in [0.05, 0.1) is 18.4 Å². The van der Waals surface area contributed by atoms with Crippen molar-refractivity contribution < 1.29 is 33.3 Å². The van der Waals surface area contributed by atoms with Crippen LogP contribution in [0.4, 0.5) is 8.78 Å². The first-order valence-corrected chi connectivity index (χ1v) is 13.6. The van der Waals surface area contributed by atoms with Crippen LogP contribution >= 0.6 is 35.0 Å². The molecule has 3 heterocycles. The van der Waals surface area contributed by atoms with Gasteiger partial charge >= 0.3 is 0 Å². The second-order valence-electron chi connectivity index (χ2n) is 9.15. The summed E-state index contributed by atoms with van der Waals surface area (Å²) in [5.74, 6) is -2.04. The SMILES string of the molecule is COC1[C@@H](Sc2cc(Cl)ccc2C(=O)N2CCC2)OC(CO)[C@H](O)[C@@H]1n1cc(-c2cc(F)c(Cl)c(F)c2)nn1. The molecule has 2 aromatic carbocycles. The zero-order chi connectivity index (χ0) is 27.8. The minimum absolute atomic E-state index is 0.0916. The molecule has 2 N–H and O–H groups in total. The fourth-order valence-electron chi connectivity index (χ4n) is 4.55. The van der Waals surface area contributed by atoms with Crippen molar-refractivity contribution in [3.63, 3.8) is 0 Å². The molecule has 0 spiro atoms. The third-order valence-corrected chi connectivity index (χ3v) is 8.55. The predicted molar refractivity (Wildman–Crippen MR) is 140 cm³/mol. The fraction of sp³-hybridized carbons (Fsp3) is 0.400. The molecule has 2 unspecified atom stereocenters. The van der Waals surface area contributed by atoms with E-state index < -0.39 is 53.1 Å². The van der Waals surface area contributed by atoms with Crippen LogP contribution in [0, 0.1) is 11.6 Å². The highest BCUT2D eigenvalue weighted by atomic mass is 35.5. The maximum absolute atomic E-state index is 14.0. The molecule has 3 aromatic rings. The number of benzene rings is 2. The summed E-state index contributed by atoms with van der Waals surface area (Å²) in [6, 6.07) is 6.07. The number of hydrogen-bond donors (Lipinski definition) is 2. The van der Waals surface area contributed by atoms with Gasteiger partial charge in [0.1, 0.15) is 52.1 Å². The molecule has 0 aliphatic carbocycles. The van der Waals surface area contributed by atoms with Crippen molar-refractivity contribution in [3.05, 3.63) is 63.8 Å². The molecule has 208 valence electrons. The Bertz CT molecular complexity index is 1350. The maximum atomic E-state index is 14.0. The van der Waals surface area contributed by atoms with E-state index in [0.29, 0.717) is 28.6 Å². The summed E-state index contributed by atoms with van der Waals surface area (Å²) in [5, 5.41) is 28.9. The summed E-state index contributed by atoms with van der Waals surface area (Å²) in [7, 11) is 1.42. The summed E-state index contributed by atoms with van der Waals surface area (Å²) in [5.41, 5.74) is -0.158. The molecular weight excluding hydrogens is 577 g/mol. The van der Waals surface area contributed by atoms with E-state index in [0.717, 1.165) is 18.6 Å². The Morgan fingerprint density at radius 3 is 2.56 bits per heavy atom. The number of thioether (sulfide) groups is 1. The van der Waals surface area contributed by atoms with E-state index in [2.05, 4.69) is 10.3 Å². The van der Waals surface area contributed by atoms with Gasteiger partial charge in [-0.15, -0.1) is 5.10 Å². The lowest BCUT2D eigenvalue weighted by Gasteiger charge is -2.43. The molecule has 1 amide bonds. The molecule has 0 saturated carbocycles. The lowest BCUT2D eigenvalue weighted by atomic mass is 9.97. The van der Waals surface area contributed by atoms with Crippen LogP contribution in [0.3, 0.4) is 0 Å². The minimum atomic E-state index is -1.29. The summed E-state index contributed by atoms with van der Waals surface area (Å²) in [6.45, 7) is 0.821. The number of methoxy groups -OCH3 is 1. The van der Waals surface area contributed by atoms with Crippen molar-refractivity contribution in [1.82, 2.24) is 19.9 Å². The second-order valence-corrected chi connectivity index (χ2v) is 11.1. The Morgan fingerprint density at radius 2 is 1.95 bits per heavy atom. The summed E-state index contributed by atoms with van der Waals surface area (Å²) in [4.78, 5) is 15.3. The van der Waals surface area contributed by atoms with Gasteiger partial charge in [-0.2, -0.15) is 0 Å². The normalized spacial score (nSPS) is 25.0. The van der Waals surface area contributed by atoms with E-state index in [1.165, 1.54) is 29.8 Å². The summed E-state index contributed by atoms with van der Waals surface area (Å²) < 4.78 is 41.2. The third kappa shape index (κ3) is 5.51. The van der Waals surface area contributed by atoms with Crippen LogP contribution in [0.1, 0.15) is 22.8 Å². The molecule has 2 saturated heterocycles. The first-order chi connectivity index (χ1) is 18.7. The van der Waals surface area contributed by atoms with Crippen molar-refractivity contribution >= 4 is 40.9 Å². The second kappa shape index (κ2) is 11.7. The Balaban J connectivity index is 1.47. The molecule has 0 bridgehead atoms. The number of aliphatic hydroxyl groups is 2. The van der Waals surface area contributed by atoms with Gasteiger partial charge in [0, 0.05) is 35.7 Å². The van der Waals surface area contributed by atoms with E-state index in [1.807, 2.05) is 0 Å². The predicted octanol–water partition coefficient (Wildman–Crippen LogP) is 3.80. The zero-order valence-corrected chi connectivity index (χ0v) is 22.8. The summed E-state index contributed by atoms with van der Waals surface area (Å²) >= 11 is 13.0. The van der Waals surface area contributed by atoms with Gasteiger partial charge in [-0.25, -0.2) is 13.5 Å². The highest BCUT2D eigenvalue weighted by Gasteiger charge is 2.48. The number of aliphatic hydroxyl groups excluding tert-OH is 2. The van der Waals surface area contributed by atoms with Crippen LogP contribution in [-0.2, 0) is 9.47 Å². The average Bonchev–Trinajstić information content (AvgIpc) is 3.36. The van der Waals surface area contributed by atoms with E-state index in [-0.39, 0.29) is 17.2 Å². The Hall–Kier alpha value is -2.32. The van der Waals surface area contributed by atoms with Gasteiger partial charge in [0.15, 0.2) is 0 Å². The average molecular weight is 601 g/mol. The number of likely N-dealkylation sites (tertiary alicyclic amines) is 1. The smallest absolute Gasteiger partial charge is 0.254 e. The molecule has 2 aliphatic heterocycles. The number of carbonyl (C=O) groups is 1. The number of aromatic nitrogens is 3. The van der Waals surface area contributed by atoms with Crippen molar-refractivity contribution in [1.29, 1.82) is 0 Å². The molecular formula is C25H24Cl2F2N4O5S. The topological polar surface area (TPSA) is 110 Å². The van der Waals surface area contributed by atoms with Gasteiger partial charge in [0.25, 0.3) is 5.91 Å². The Morgan fingerprint density at radius 1 is 1.23 bits per heavy atom. The van der Waals surface area contributed by atoms with Crippen LogP contribution in [0.25, 0.3) is 11.3 Å². The maximum Gasteiger partial charge on any atom is 0.254 e. The van der Waals surface area contributed by atoms with Gasteiger partial charge < -0.3 is 24.6 Å². The van der Waals surface area contributed by atoms with Crippen molar-refractivity contribution in [2.75, 3.05) is 26.8 Å². The molecule has 1 aromatic heterocycles. The zero-order valence-electron chi connectivity index (χ0n) is 20.5. The van der Waals surface area contributed by atoms with Crippen molar-refractivity contribution in [2.24, 2.45) is 0 Å². The number of rotatable bonds is 7. The van der Waals surface area contributed by atoms with Gasteiger partial charge in [-0.1, -0.05) is 40.2 Å². The molecule has 2 aliphatic rings. The van der Waals surface area contributed by atoms with Crippen LogP contribution < -0.4 is 0 Å². The van der Waals surface area contributed by atoms with Gasteiger partial charge in [-0.05, 0) is 36.8 Å². The number of halogens is 4. The van der Waals surface area contributed by atoms with E-state index in [1.54, 1.807) is 23.1 Å². The first-order valence-electron chi connectivity index (χ1n) is 12.0. The fourth-order valence-corrected chi connectivity index (χ4v) is 6.23. The molecule has 5 atom stereocenters. The molecule has 39 heavy (non-hydrogen) atoms. The van der Waals surface area contributed by atoms with Gasteiger partial charge in [-0.3, -0.25) is 4.79 Å². The van der Waals surface area contributed by atoms with Crippen LogP contribution in [0.5, 0.6) is 0 Å². The molecule has 2 fully saturated rings. The number of amides is 1. The monoisotopic (exact) mass is 600 g/mol. The van der Waals surface area contributed by atoms with Crippen LogP contribution in [0.2, 0.25) is 10.0 Å². The molecule has 14 heteroatoms. The number of nitrogens with zero attached hydrogens (tertiary/aromatic N) is 4. The highest BCUT2D eigenvalue weighted by molar-refractivity contribution is 8.00.